The second kappa shape index (κ2) is 64.4. The van der Waals surface area contributed by atoms with Gasteiger partial charge in [-0.1, -0.05) is 42.8 Å². The van der Waals surface area contributed by atoms with Crippen molar-refractivity contribution >= 4 is 5.91 Å². The molecule has 2 aliphatic carbocycles. The summed E-state index contributed by atoms with van der Waals surface area (Å²) in [6.07, 6.45) is 32.8. The number of nitrogens with two attached hydrogens (primary N) is 1. The maximum atomic E-state index is 13.2. The fourth-order valence-corrected chi connectivity index (χ4v) is 23.9. The number of amides is 1. The van der Waals surface area contributed by atoms with E-state index in [4.69, 9.17) is 21.4 Å². The smallest absolute Gasteiger partial charge is 0.248 e. The highest BCUT2D eigenvalue weighted by molar-refractivity contribution is 5.75. The molecule has 1 amide bonds. The first kappa shape index (κ1) is 135. The molecule has 2 saturated carbocycles. The van der Waals surface area contributed by atoms with E-state index in [2.05, 4.69) is 354 Å². The molecule has 12 fully saturated rings. The standard InChI is InChI=1S/C18H30N2.C17H30F2N2.C17H29N3.C16H33N3O.C13H25N3.C13H26N2.C12H23N3.C10H21NO.C9H20N2/c1-18(2,3)20-14-11-17(12-15-20)19(4)13-10-16-8-6-5-7-9-16;1-16(2,3)21-11-14-9-20(10-15(14)12-21)8-13-4-6-17(18,19)7-5-13;1-17(2,3)20-13-9-16(10-14-20)19(4)12-8-15-7-5-6-11-18-15;1-16(2,3)19-12-9-14(10-13-19)18(6)11-7-8-15(20)17(4)5;1-13(2,3)16-10-6-12(7-11-16)15(4)9-5-8-14;1-13(2,3)15-9-7-12(8-10-15)14-11-5-4-6-11;1-12(2,3)15-9-5-11(6-10-15)14-8-4-7-13;1-10(2,3)11-6-4-9(8-12)5-7-11;1-9(2,3)11-6-4-8(10)5-7-11/h5-9,17H,10-15H2,1-4H3;13-15H,4-12H2,1-3H3;5-7,11,16H,8-10,12-14H2,1-4H3;14H,7-13H2,1-6H3;12H,5-7,9-11H2,1-4H3;11-12,14H,4-10H2,1-3H3;11,14H,4-6,8-10H2,1-3H3;9,12H,4-8H2,1-3H3;8H,4-7,10H2,1-3H3/t;14-,15+;;;;;;;. The number of rotatable bonds is 24. The lowest BCUT2D eigenvalue weighted by molar-refractivity contribution is -0.128. The van der Waals surface area contributed by atoms with Crippen LogP contribution in [-0.4, -0.2) is 413 Å². The molecule has 10 aliphatic heterocycles. The number of likely N-dealkylation sites (tertiary alicyclic amines) is 10. The number of benzene rings is 1. The van der Waals surface area contributed by atoms with E-state index in [1.165, 1.54) is 232 Å². The first-order chi connectivity index (χ1) is 69.9. The van der Waals surface area contributed by atoms with E-state index in [1.807, 2.05) is 26.4 Å². The van der Waals surface area contributed by atoms with Crippen molar-refractivity contribution in [2.45, 2.75) is 477 Å². The number of nitrogens with one attached hydrogen (secondary N) is 2. The van der Waals surface area contributed by atoms with E-state index < -0.39 is 5.92 Å². The highest BCUT2D eigenvalue weighted by Crippen LogP contribution is 2.41. The summed E-state index contributed by atoms with van der Waals surface area (Å²) in [5.41, 5.74) is 11.3. The first-order valence-electron chi connectivity index (χ1n) is 60.4. The van der Waals surface area contributed by atoms with Crippen molar-refractivity contribution in [3.05, 3.63) is 66.0 Å². The van der Waals surface area contributed by atoms with Gasteiger partial charge in [-0.25, -0.2) is 8.78 Å². The molecule has 12 aliphatic rings. The van der Waals surface area contributed by atoms with Crippen LogP contribution in [0.25, 0.3) is 0 Å². The molecule has 14 rings (SSSR count). The monoisotopic (exact) mass is 2100 g/mol. The van der Waals surface area contributed by atoms with Gasteiger partial charge >= 0.3 is 0 Å². The molecule has 0 radical (unpaired) electrons. The molecule has 5 N–H and O–H groups in total. The fraction of sp³-hybridized carbons (Fsp3) is 0.888. The number of aromatic nitrogens is 1. The number of carbonyl (C=O) groups is 1. The van der Waals surface area contributed by atoms with Gasteiger partial charge in [0, 0.05) is 320 Å². The number of hydrogen-bond donors (Lipinski definition) is 4. The molecule has 2 atom stereocenters. The molecular formula is C125H237F2N21O2. The zero-order valence-electron chi connectivity index (χ0n) is 103. The second-order valence-electron chi connectivity index (χ2n) is 56.5. The average Bonchev–Trinajstić information content (AvgIpc) is 1.64. The van der Waals surface area contributed by atoms with Crippen molar-refractivity contribution in [3.8, 4) is 12.1 Å². The van der Waals surface area contributed by atoms with Gasteiger partial charge in [-0.05, 0) is 417 Å². The van der Waals surface area contributed by atoms with E-state index in [9.17, 15) is 13.6 Å². The summed E-state index contributed by atoms with van der Waals surface area (Å²) in [6.45, 7) is 92.4. The molecular weight excluding hydrogens is 1870 g/mol. The maximum Gasteiger partial charge on any atom is 0.248 e. The van der Waals surface area contributed by atoms with Gasteiger partial charge in [-0.15, -0.1) is 0 Å². The molecule has 1 aromatic carbocycles. The summed E-state index contributed by atoms with van der Waals surface area (Å²) in [7, 11) is 12.6. The Morgan fingerprint density at radius 3 is 1.07 bits per heavy atom. The number of halogens is 2. The third kappa shape index (κ3) is 51.5. The third-order valence-corrected chi connectivity index (χ3v) is 35.5. The van der Waals surface area contributed by atoms with Gasteiger partial charge in [-0.2, -0.15) is 10.5 Å². The summed E-state index contributed by atoms with van der Waals surface area (Å²) >= 11 is 0. The number of alkyl halides is 2. The number of aliphatic hydroxyl groups excluding tert-OH is 1. The number of pyridine rings is 1. The number of nitriles is 2. The van der Waals surface area contributed by atoms with Gasteiger partial charge < -0.3 is 50.9 Å². The van der Waals surface area contributed by atoms with Gasteiger partial charge in [0.05, 0.1) is 12.1 Å². The number of piperidine rings is 8. The minimum Gasteiger partial charge on any atom is -0.396 e. The van der Waals surface area contributed by atoms with E-state index in [0.717, 1.165) is 127 Å². The summed E-state index contributed by atoms with van der Waals surface area (Å²) in [4.78, 5) is 53.2. The highest BCUT2D eigenvalue weighted by Gasteiger charge is 2.45. The summed E-state index contributed by atoms with van der Waals surface area (Å²) in [5.74, 6) is 0.515. The van der Waals surface area contributed by atoms with Crippen molar-refractivity contribution < 1.29 is 18.7 Å². The number of carbonyl (C=O) groups excluding carboxylic acids is 1. The molecule has 0 unspecified atom stereocenters. The van der Waals surface area contributed by atoms with Crippen LogP contribution in [0.3, 0.4) is 0 Å². The molecule has 2 aromatic rings. The lowest BCUT2D eigenvalue weighted by Gasteiger charge is -2.43. The third-order valence-electron chi connectivity index (χ3n) is 35.5. The van der Waals surface area contributed by atoms with Crippen LogP contribution in [0.4, 0.5) is 8.78 Å². The normalized spacial score (nSPS) is 22.8. The topological polar surface area (TPSA) is 196 Å². The Hall–Kier alpha value is -4.04. The number of aliphatic hydroxyl groups is 1. The lowest BCUT2D eigenvalue weighted by atomic mass is 9.86. The van der Waals surface area contributed by atoms with Crippen LogP contribution in [-0.2, 0) is 17.6 Å². The summed E-state index contributed by atoms with van der Waals surface area (Å²) in [5, 5.41) is 33.2. The maximum absolute atomic E-state index is 13.2. The molecule has 11 heterocycles. The van der Waals surface area contributed by atoms with Gasteiger partial charge in [0.25, 0.3) is 0 Å². The fourth-order valence-electron chi connectivity index (χ4n) is 23.9. The molecule has 25 heteroatoms. The minimum absolute atomic E-state index is 0.107. The Morgan fingerprint density at radius 1 is 0.400 bits per heavy atom. The molecule has 10 saturated heterocycles. The van der Waals surface area contributed by atoms with Gasteiger partial charge in [0.1, 0.15) is 0 Å². The van der Waals surface area contributed by atoms with Gasteiger partial charge in [-0.3, -0.25) is 53.9 Å². The predicted octanol–water partition coefficient (Wildman–Crippen LogP) is 20.7. The van der Waals surface area contributed by atoms with Crippen LogP contribution < -0.4 is 16.4 Å². The van der Waals surface area contributed by atoms with Gasteiger partial charge in [0.15, 0.2) is 0 Å². The van der Waals surface area contributed by atoms with Crippen LogP contribution in [0.1, 0.15) is 372 Å². The summed E-state index contributed by atoms with van der Waals surface area (Å²) in [6, 6.07) is 27.0. The van der Waals surface area contributed by atoms with Crippen LogP contribution in [0, 0.1) is 46.3 Å². The number of nitrogens with zero attached hydrogens (tertiary/aromatic N) is 18. The Labute approximate surface area is 922 Å². The zero-order chi connectivity index (χ0) is 112. The Morgan fingerprint density at radius 2 is 0.733 bits per heavy atom. The van der Waals surface area contributed by atoms with Crippen molar-refractivity contribution in [2.75, 3.05) is 219 Å². The molecule has 23 nitrogen and oxygen atoms in total. The number of fused-ring (bicyclic) bond motifs is 1. The number of hydrogen-bond acceptors (Lipinski definition) is 22. The molecule has 1 aromatic heterocycles. The van der Waals surface area contributed by atoms with E-state index in [1.54, 1.807) is 4.90 Å². The largest absolute Gasteiger partial charge is 0.396 e. The molecule has 868 valence electrons. The molecule has 0 bridgehead atoms. The average molecular weight is 2100 g/mol. The predicted molar refractivity (Wildman–Crippen MR) is 633 cm³/mol. The van der Waals surface area contributed by atoms with E-state index in [0.29, 0.717) is 119 Å². The van der Waals surface area contributed by atoms with Crippen LogP contribution in [0.5, 0.6) is 0 Å². The van der Waals surface area contributed by atoms with Crippen molar-refractivity contribution in [1.82, 2.24) is 89.1 Å². The molecule has 0 spiro atoms. The zero-order valence-corrected chi connectivity index (χ0v) is 103. The molecule has 150 heavy (non-hydrogen) atoms. The Bertz CT molecular complexity index is 3840. The SMILES string of the molecule is CC(C)(C)N1CCC(CO)CC1.CC(C)(C)N1CCC(N)CC1.CC(C)(C)N1CCC(NC2CCC2)CC1.CC(C)(C)N1CCC(NCCC#N)CC1.CC(C)(C)N1C[C@H]2CN(CC3CCC(F)(F)CC3)C[C@H]2C1.CN(C)C(=O)CCCN(C)C1CCN(C(C)(C)C)CC1.CN(CCC#N)C1CCN(C(C)(C)C)CC1.CN(CCc1ccccc1)C1CCN(C(C)(C)C)CC1.CN(CCc1ccccn1)C1CCN(C(C)(C)C)CC1. The van der Waals surface area contributed by atoms with Crippen LogP contribution in [0.2, 0.25) is 0 Å². The Kier molecular flexibility index (Phi) is 57.8. The van der Waals surface area contributed by atoms with E-state index in [-0.39, 0.29) is 24.3 Å². The van der Waals surface area contributed by atoms with Gasteiger partial charge in [0.2, 0.25) is 11.8 Å². The van der Waals surface area contributed by atoms with Crippen LogP contribution in [0.15, 0.2) is 54.7 Å². The second-order valence-corrected chi connectivity index (χ2v) is 56.5. The lowest BCUT2D eigenvalue weighted by Crippen LogP contribution is -2.52. The van der Waals surface area contributed by atoms with Crippen molar-refractivity contribution in [2.24, 2.45) is 29.4 Å². The first-order valence-corrected chi connectivity index (χ1v) is 60.4. The van der Waals surface area contributed by atoms with E-state index >= 15 is 0 Å². The quantitative estimate of drug-likeness (QED) is 0.0724. The Balaban J connectivity index is 0.000000259. The van der Waals surface area contributed by atoms with Crippen molar-refractivity contribution in [1.29, 1.82) is 10.5 Å². The number of likely N-dealkylation sites (N-methyl/N-ethyl adjacent to an activating group) is 2. The van der Waals surface area contributed by atoms with Crippen molar-refractivity contribution in [3.63, 3.8) is 0 Å². The summed E-state index contributed by atoms with van der Waals surface area (Å²) < 4.78 is 26.4. The highest BCUT2D eigenvalue weighted by atomic mass is 19.3. The van der Waals surface area contributed by atoms with Crippen LogP contribution >= 0.6 is 0 Å². The minimum atomic E-state index is -2.38.